The van der Waals surface area contributed by atoms with Gasteiger partial charge in [-0.25, -0.2) is 4.39 Å². The third-order valence-electron chi connectivity index (χ3n) is 2.95. The van der Waals surface area contributed by atoms with Crippen LogP contribution in [0.4, 0.5) is 4.39 Å². The molecule has 0 aliphatic rings. The Balaban J connectivity index is 2.75. The van der Waals surface area contributed by atoms with Gasteiger partial charge < -0.3 is 11.1 Å². The highest BCUT2D eigenvalue weighted by Crippen LogP contribution is 2.20. The molecule has 0 aromatic heterocycles. The number of nitrogens with two attached hydrogens (primary N) is 1. The summed E-state index contributed by atoms with van der Waals surface area (Å²) >= 11 is 0. The number of nitrogens with one attached hydrogen (secondary N) is 1. The summed E-state index contributed by atoms with van der Waals surface area (Å²) in [7, 11) is 0. The molecule has 0 radical (unpaired) electrons. The number of rotatable bonds is 3. The lowest BCUT2D eigenvalue weighted by Gasteiger charge is -2.27. The van der Waals surface area contributed by atoms with Gasteiger partial charge in [-0.15, -0.1) is 0 Å². The van der Waals surface area contributed by atoms with Gasteiger partial charge in [0.15, 0.2) is 0 Å². The minimum Gasteiger partial charge on any atom is -0.348 e. The maximum atomic E-state index is 13.5. The Morgan fingerprint density at radius 2 is 1.89 bits per heavy atom. The third-order valence-corrected chi connectivity index (χ3v) is 2.95. The van der Waals surface area contributed by atoms with Crippen molar-refractivity contribution < 1.29 is 9.18 Å². The van der Waals surface area contributed by atoms with Gasteiger partial charge in [0.1, 0.15) is 5.82 Å². The fourth-order valence-corrected chi connectivity index (χ4v) is 1.60. The molecule has 0 spiro atoms. The van der Waals surface area contributed by atoms with Crippen LogP contribution >= 0.6 is 0 Å². The summed E-state index contributed by atoms with van der Waals surface area (Å²) < 4.78 is 13.5. The number of hydrogen-bond acceptors (Lipinski definition) is 2. The minimum atomic E-state index is -0.619. The molecule has 0 heterocycles. The van der Waals surface area contributed by atoms with Crippen molar-refractivity contribution in [3.05, 3.63) is 35.6 Å². The number of carbonyl (C=O) groups excluding carboxylic acids is 1. The molecule has 0 aliphatic carbocycles. The van der Waals surface area contributed by atoms with Crippen LogP contribution < -0.4 is 11.1 Å². The van der Waals surface area contributed by atoms with Crippen molar-refractivity contribution >= 4 is 5.91 Å². The van der Waals surface area contributed by atoms with Gasteiger partial charge >= 0.3 is 0 Å². The average molecular weight is 252 g/mol. The zero-order chi connectivity index (χ0) is 13.9. The molecule has 0 bridgehead atoms. The molecular formula is C14H21FN2O. The zero-order valence-electron chi connectivity index (χ0n) is 11.3. The van der Waals surface area contributed by atoms with E-state index in [1.165, 1.54) is 6.07 Å². The Kier molecular flexibility index (Phi) is 4.46. The lowest BCUT2D eigenvalue weighted by molar-refractivity contribution is -0.125. The molecule has 3 N–H and O–H groups in total. The number of hydrogen-bond donors (Lipinski definition) is 2. The molecule has 1 aromatic rings. The Bertz CT molecular complexity index is 426. The Morgan fingerprint density at radius 3 is 2.39 bits per heavy atom. The highest BCUT2D eigenvalue weighted by atomic mass is 19.1. The first-order chi connectivity index (χ1) is 8.23. The molecule has 3 nitrogen and oxygen atoms in total. The molecule has 1 rings (SSSR count). The number of benzene rings is 1. The van der Waals surface area contributed by atoms with E-state index in [4.69, 9.17) is 5.73 Å². The Hall–Kier alpha value is -1.42. The molecule has 0 aliphatic heterocycles. The van der Waals surface area contributed by atoms with Gasteiger partial charge in [0, 0.05) is 5.56 Å². The average Bonchev–Trinajstić information content (AvgIpc) is 2.27. The number of amides is 1. The van der Waals surface area contributed by atoms with Crippen LogP contribution in [0, 0.1) is 11.2 Å². The van der Waals surface area contributed by atoms with E-state index in [0.29, 0.717) is 5.56 Å². The first-order valence-corrected chi connectivity index (χ1v) is 6.04. The van der Waals surface area contributed by atoms with Gasteiger partial charge in [-0.05, 0) is 18.4 Å². The van der Waals surface area contributed by atoms with Crippen LogP contribution in [0.3, 0.4) is 0 Å². The van der Waals surface area contributed by atoms with Crippen molar-refractivity contribution in [1.29, 1.82) is 0 Å². The Labute approximate surface area is 108 Å². The topological polar surface area (TPSA) is 55.1 Å². The molecule has 1 amide bonds. The summed E-state index contributed by atoms with van der Waals surface area (Å²) in [6.45, 7) is 7.42. The third kappa shape index (κ3) is 3.53. The molecule has 0 fully saturated rings. The van der Waals surface area contributed by atoms with Gasteiger partial charge in [0.25, 0.3) is 0 Å². The highest BCUT2D eigenvalue weighted by molar-refractivity contribution is 5.82. The van der Waals surface area contributed by atoms with Gasteiger partial charge in [-0.1, -0.05) is 39.0 Å². The van der Waals surface area contributed by atoms with E-state index in [2.05, 4.69) is 5.32 Å². The quantitative estimate of drug-likeness (QED) is 0.867. The number of halogens is 1. The van der Waals surface area contributed by atoms with Crippen LogP contribution in [0.15, 0.2) is 24.3 Å². The molecule has 4 heteroatoms. The molecular weight excluding hydrogens is 231 g/mol. The van der Waals surface area contributed by atoms with E-state index in [0.717, 1.165) is 0 Å². The van der Waals surface area contributed by atoms with Gasteiger partial charge in [-0.3, -0.25) is 4.79 Å². The van der Waals surface area contributed by atoms with E-state index in [9.17, 15) is 9.18 Å². The van der Waals surface area contributed by atoms with E-state index < -0.39 is 12.1 Å². The molecule has 2 atom stereocenters. The van der Waals surface area contributed by atoms with Crippen molar-refractivity contribution in [3.8, 4) is 0 Å². The van der Waals surface area contributed by atoms with E-state index in [1.807, 2.05) is 20.8 Å². The largest absolute Gasteiger partial charge is 0.348 e. The van der Waals surface area contributed by atoms with Crippen molar-refractivity contribution in [2.75, 3.05) is 0 Å². The van der Waals surface area contributed by atoms with Gasteiger partial charge in [-0.2, -0.15) is 0 Å². The minimum absolute atomic E-state index is 0.266. The summed E-state index contributed by atoms with van der Waals surface area (Å²) in [5.41, 5.74) is 6.00. The van der Waals surface area contributed by atoms with Crippen molar-refractivity contribution in [1.82, 2.24) is 5.32 Å². The molecule has 0 saturated heterocycles. The second kappa shape index (κ2) is 5.48. The molecule has 18 heavy (non-hydrogen) atoms. The summed E-state index contributed by atoms with van der Waals surface area (Å²) in [6.07, 6.45) is 0. The lowest BCUT2D eigenvalue weighted by atomic mass is 9.86. The second-order valence-corrected chi connectivity index (χ2v) is 5.60. The fraction of sp³-hybridized carbons (Fsp3) is 0.500. The van der Waals surface area contributed by atoms with Crippen LogP contribution in [-0.4, -0.2) is 11.9 Å². The first-order valence-electron chi connectivity index (χ1n) is 6.04. The van der Waals surface area contributed by atoms with Crippen molar-refractivity contribution in [2.45, 2.75) is 39.8 Å². The van der Waals surface area contributed by atoms with Gasteiger partial charge in [0.2, 0.25) is 5.91 Å². The zero-order valence-corrected chi connectivity index (χ0v) is 11.3. The summed E-state index contributed by atoms with van der Waals surface area (Å²) in [5, 5.41) is 2.74. The van der Waals surface area contributed by atoms with Crippen molar-refractivity contribution in [3.63, 3.8) is 0 Å². The lowest BCUT2D eigenvalue weighted by Crippen LogP contribution is -2.49. The molecule has 0 saturated carbocycles. The van der Waals surface area contributed by atoms with Crippen LogP contribution in [0.5, 0.6) is 0 Å². The first kappa shape index (κ1) is 14.6. The highest BCUT2D eigenvalue weighted by Gasteiger charge is 2.28. The normalized spacial score (nSPS) is 15.0. The van der Waals surface area contributed by atoms with E-state index in [-0.39, 0.29) is 17.1 Å². The van der Waals surface area contributed by atoms with Crippen LogP contribution in [0.1, 0.15) is 39.3 Å². The van der Waals surface area contributed by atoms with Crippen molar-refractivity contribution in [2.24, 2.45) is 11.1 Å². The van der Waals surface area contributed by atoms with Gasteiger partial charge in [0.05, 0.1) is 12.1 Å². The second-order valence-electron chi connectivity index (χ2n) is 5.60. The SMILES string of the molecule is C[C@@H](NC(=O)[C@@H](N)C(C)(C)C)c1ccccc1F. The monoisotopic (exact) mass is 252 g/mol. The van der Waals surface area contributed by atoms with E-state index >= 15 is 0 Å². The molecule has 0 unspecified atom stereocenters. The molecule has 1 aromatic carbocycles. The van der Waals surface area contributed by atoms with Crippen LogP contribution in [0.25, 0.3) is 0 Å². The summed E-state index contributed by atoms with van der Waals surface area (Å²) in [5.74, 6) is -0.590. The smallest absolute Gasteiger partial charge is 0.237 e. The maximum Gasteiger partial charge on any atom is 0.237 e. The van der Waals surface area contributed by atoms with Crippen LogP contribution in [0.2, 0.25) is 0 Å². The molecule has 100 valence electrons. The van der Waals surface area contributed by atoms with E-state index in [1.54, 1.807) is 25.1 Å². The predicted octanol–water partition coefficient (Wildman–Crippen LogP) is 2.38. The number of carbonyl (C=O) groups is 1. The summed E-state index contributed by atoms with van der Waals surface area (Å²) in [6, 6.07) is 5.38. The van der Waals surface area contributed by atoms with Crippen LogP contribution in [-0.2, 0) is 4.79 Å². The fourth-order valence-electron chi connectivity index (χ4n) is 1.60. The standard InChI is InChI=1S/C14H21FN2O/c1-9(10-7-5-6-8-11(10)15)17-13(18)12(16)14(2,3)4/h5-9,12H,16H2,1-4H3,(H,17,18)/t9-,12-/m1/s1. The maximum absolute atomic E-state index is 13.5. The summed E-state index contributed by atoms with van der Waals surface area (Å²) in [4.78, 5) is 11.9. The Morgan fingerprint density at radius 1 is 1.33 bits per heavy atom. The predicted molar refractivity (Wildman–Crippen MR) is 70.4 cm³/mol.